The summed E-state index contributed by atoms with van der Waals surface area (Å²) in [6.45, 7) is 7.27. The summed E-state index contributed by atoms with van der Waals surface area (Å²) in [5.74, 6) is 0.343. The third kappa shape index (κ3) is 4.87. The van der Waals surface area contributed by atoms with Crippen molar-refractivity contribution in [1.29, 1.82) is 5.26 Å². The second-order valence-electron chi connectivity index (χ2n) is 10.9. The van der Waals surface area contributed by atoms with E-state index in [4.69, 9.17) is 4.98 Å². The monoisotopic (exact) mass is 557 g/mol. The Morgan fingerprint density at radius 1 is 1.15 bits per heavy atom. The molecular weight excluding hydrogens is 526 g/mol. The number of rotatable bonds is 7. The van der Waals surface area contributed by atoms with Crippen LogP contribution in [-0.2, 0) is 4.79 Å². The van der Waals surface area contributed by atoms with Crippen LogP contribution in [0.25, 0.3) is 27.5 Å². The molecule has 1 amide bonds. The summed E-state index contributed by atoms with van der Waals surface area (Å²) in [5, 5.41) is 40.6. The molecule has 0 radical (unpaired) electrons. The Labute approximate surface area is 235 Å². The van der Waals surface area contributed by atoms with Crippen molar-refractivity contribution in [1.82, 2.24) is 30.1 Å². The zero-order valence-electron chi connectivity index (χ0n) is 22.6. The molecule has 2 aliphatic rings. The molecule has 0 spiro atoms. The van der Waals surface area contributed by atoms with Crippen LogP contribution < -0.4 is 15.5 Å². The second-order valence-corrected chi connectivity index (χ2v) is 11.9. The van der Waals surface area contributed by atoms with Gasteiger partial charge in [-0.05, 0) is 69.7 Å². The molecule has 11 nitrogen and oxygen atoms in total. The fourth-order valence-corrected chi connectivity index (χ4v) is 6.69. The van der Waals surface area contributed by atoms with Crippen LogP contribution in [0, 0.1) is 23.2 Å². The predicted octanol–water partition coefficient (Wildman–Crippen LogP) is 3.32. The lowest BCUT2D eigenvalue weighted by atomic mass is 9.92. The van der Waals surface area contributed by atoms with Gasteiger partial charge in [-0.25, -0.2) is 4.52 Å². The number of carbonyl (C=O) groups excluding carboxylic acids is 1. The number of hydrogen-bond acceptors (Lipinski definition) is 10. The second kappa shape index (κ2) is 10.5. The summed E-state index contributed by atoms with van der Waals surface area (Å²) in [7, 11) is 0. The molecule has 40 heavy (non-hydrogen) atoms. The molecule has 1 aliphatic heterocycles. The quantitative estimate of drug-likeness (QED) is 0.312. The van der Waals surface area contributed by atoms with Crippen LogP contribution in [0.5, 0.6) is 0 Å². The first-order valence-electron chi connectivity index (χ1n) is 13.5. The summed E-state index contributed by atoms with van der Waals surface area (Å²) < 4.78 is 1.78. The van der Waals surface area contributed by atoms with Gasteiger partial charge < -0.3 is 20.6 Å². The molecule has 1 saturated heterocycles. The van der Waals surface area contributed by atoms with Crippen molar-refractivity contribution >= 4 is 33.6 Å². The number of nitrogens with one attached hydrogen (secondary N) is 2. The maximum Gasteiger partial charge on any atom is 0.248 e. The first-order chi connectivity index (χ1) is 19.3. The molecule has 3 N–H and O–H groups in total. The number of anilines is 2. The molecule has 1 saturated carbocycles. The summed E-state index contributed by atoms with van der Waals surface area (Å²) in [6.07, 6.45) is 4.48. The van der Waals surface area contributed by atoms with Gasteiger partial charge in [0.05, 0.1) is 34.2 Å². The van der Waals surface area contributed by atoms with E-state index in [9.17, 15) is 15.2 Å². The number of aromatic nitrogens is 5. The highest BCUT2D eigenvalue weighted by Crippen LogP contribution is 2.41. The number of amides is 1. The number of hydrogen-bond donors (Lipinski definition) is 3. The van der Waals surface area contributed by atoms with Gasteiger partial charge in [-0.15, -0.1) is 10.2 Å². The van der Waals surface area contributed by atoms with E-state index in [0.717, 1.165) is 64.2 Å². The minimum atomic E-state index is -0.999. The van der Waals surface area contributed by atoms with Gasteiger partial charge in [0.1, 0.15) is 12.2 Å². The Morgan fingerprint density at radius 3 is 2.62 bits per heavy atom. The van der Waals surface area contributed by atoms with Gasteiger partial charge in [0.25, 0.3) is 0 Å². The van der Waals surface area contributed by atoms with Gasteiger partial charge in [-0.1, -0.05) is 11.3 Å². The molecule has 6 rings (SSSR count). The maximum atomic E-state index is 12.1. The van der Waals surface area contributed by atoms with Crippen LogP contribution in [0.2, 0.25) is 0 Å². The highest BCUT2D eigenvalue weighted by atomic mass is 32.1. The summed E-state index contributed by atoms with van der Waals surface area (Å²) in [4.78, 5) is 19.2. The van der Waals surface area contributed by atoms with Crippen LogP contribution >= 0.6 is 11.3 Å². The Morgan fingerprint density at radius 2 is 1.93 bits per heavy atom. The SMILES string of the molecule is CC(C)Nc1cc(-c2ccc3cc(C#N)cnn23)ncc1-c1nnc(N2C[C@H]3CC[C@@H](C2)[C@H]3NC(=O)[C@@H](C)O)s1. The van der Waals surface area contributed by atoms with Crippen molar-refractivity contribution in [2.75, 3.05) is 23.3 Å². The summed E-state index contributed by atoms with van der Waals surface area (Å²) in [6, 6.07) is 10.1. The van der Waals surface area contributed by atoms with E-state index in [1.807, 2.05) is 24.4 Å². The van der Waals surface area contributed by atoms with Crippen LogP contribution in [0.1, 0.15) is 39.2 Å². The molecule has 0 aromatic carbocycles. The van der Waals surface area contributed by atoms with Gasteiger partial charge in [-0.2, -0.15) is 10.4 Å². The normalized spacial score (nSPS) is 21.0. The first-order valence-corrected chi connectivity index (χ1v) is 14.3. The van der Waals surface area contributed by atoms with Crippen molar-refractivity contribution in [3.05, 3.63) is 42.2 Å². The Bertz CT molecular complexity index is 1590. The minimum Gasteiger partial charge on any atom is -0.384 e. The molecule has 206 valence electrons. The highest BCUT2D eigenvalue weighted by molar-refractivity contribution is 7.18. The van der Waals surface area contributed by atoms with Gasteiger partial charge >= 0.3 is 0 Å². The van der Waals surface area contributed by atoms with E-state index < -0.39 is 6.10 Å². The van der Waals surface area contributed by atoms with E-state index in [-0.39, 0.29) is 18.0 Å². The van der Waals surface area contributed by atoms with E-state index in [2.05, 4.69) is 50.7 Å². The molecule has 5 heterocycles. The molecule has 2 bridgehead atoms. The van der Waals surface area contributed by atoms with Crippen molar-refractivity contribution in [3.8, 4) is 28.0 Å². The lowest BCUT2D eigenvalue weighted by Crippen LogP contribution is -2.54. The minimum absolute atomic E-state index is 0.0930. The average Bonchev–Trinajstić information content (AvgIpc) is 3.64. The smallest absolute Gasteiger partial charge is 0.248 e. The first kappa shape index (κ1) is 26.2. The van der Waals surface area contributed by atoms with E-state index in [1.54, 1.807) is 28.1 Å². The number of carbonyl (C=O) groups is 1. The number of fused-ring (bicyclic) bond motifs is 3. The Kier molecular flexibility index (Phi) is 6.85. The van der Waals surface area contributed by atoms with Crippen LogP contribution in [0.3, 0.4) is 0 Å². The fourth-order valence-electron chi connectivity index (χ4n) is 5.80. The topological polar surface area (TPSA) is 144 Å². The van der Waals surface area contributed by atoms with E-state index in [1.165, 1.54) is 6.92 Å². The van der Waals surface area contributed by atoms with Crippen LogP contribution in [0.4, 0.5) is 10.8 Å². The van der Waals surface area contributed by atoms with Gasteiger partial charge in [0, 0.05) is 37.1 Å². The number of pyridine rings is 1. The number of nitriles is 1. The molecule has 4 atom stereocenters. The molecule has 1 aliphatic carbocycles. The largest absolute Gasteiger partial charge is 0.384 e. The van der Waals surface area contributed by atoms with E-state index in [0.29, 0.717) is 17.4 Å². The van der Waals surface area contributed by atoms with Crippen molar-refractivity contribution in [3.63, 3.8) is 0 Å². The van der Waals surface area contributed by atoms with Gasteiger partial charge in [0.15, 0.2) is 5.01 Å². The summed E-state index contributed by atoms with van der Waals surface area (Å²) in [5.41, 5.74) is 4.71. The molecule has 2 fully saturated rings. The fraction of sp³-hybridized carbons (Fsp3) is 0.429. The molecule has 12 heteroatoms. The van der Waals surface area contributed by atoms with Crippen LogP contribution in [-0.4, -0.2) is 67.1 Å². The lowest BCUT2D eigenvalue weighted by Gasteiger charge is -2.38. The maximum absolute atomic E-state index is 12.1. The zero-order chi connectivity index (χ0) is 28.0. The van der Waals surface area contributed by atoms with Crippen molar-refractivity contribution in [2.24, 2.45) is 11.8 Å². The molecule has 4 aromatic heterocycles. The Hall–Kier alpha value is -4.08. The number of aliphatic hydroxyl groups is 1. The third-order valence-electron chi connectivity index (χ3n) is 7.68. The number of nitrogens with zero attached hydrogens (tertiary/aromatic N) is 7. The van der Waals surface area contributed by atoms with E-state index >= 15 is 0 Å². The van der Waals surface area contributed by atoms with Crippen molar-refractivity contribution < 1.29 is 9.90 Å². The molecule has 4 aromatic rings. The average molecular weight is 558 g/mol. The Balaban J connectivity index is 1.26. The number of aliphatic hydroxyl groups excluding tert-OH is 1. The summed E-state index contributed by atoms with van der Waals surface area (Å²) >= 11 is 1.54. The number of piperidine rings is 1. The van der Waals surface area contributed by atoms with Crippen molar-refractivity contribution in [2.45, 2.75) is 51.8 Å². The standard InChI is InChI=1S/C28H31N9O2S/c1-15(2)32-22-9-23(24-7-6-20-8-17(10-29)11-31-37(20)24)30-12-21(22)27-34-35-28(40-27)36-13-18-4-5-19(14-36)25(18)33-26(39)16(3)38/h6-9,11-12,15-16,18-19,25,38H,4-5,13-14H2,1-3H3,(H,30,32)(H,33,39)/t16-,18-,19+,25+/m1/s1. The van der Waals surface area contributed by atoms with Gasteiger partial charge in [-0.3, -0.25) is 9.78 Å². The zero-order valence-corrected chi connectivity index (χ0v) is 23.4. The lowest BCUT2D eigenvalue weighted by molar-refractivity contribution is -0.129. The van der Waals surface area contributed by atoms with Gasteiger partial charge in [0.2, 0.25) is 11.0 Å². The molecule has 0 unspecified atom stereocenters. The predicted molar refractivity (Wildman–Crippen MR) is 153 cm³/mol. The van der Waals surface area contributed by atoms with Crippen LogP contribution in [0.15, 0.2) is 36.7 Å². The molecular formula is C28H31N9O2S. The highest BCUT2D eigenvalue weighted by Gasteiger charge is 2.43. The third-order valence-corrected chi connectivity index (χ3v) is 8.69.